The van der Waals surface area contributed by atoms with E-state index < -0.39 is 0 Å². The van der Waals surface area contributed by atoms with Crippen LogP contribution in [0.5, 0.6) is 0 Å². The van der Waals surface area contributed by atoms with Gasteiger partial charge in [0.1, 0.15) is 6.61 Å². The molecule has 0 aliphatic heterocycles. The Morgan fingerprint density at radius 3 is 2.78 bits per heavy atom. The lowest BCUT2D eigenvalue weighted by atomic mass is 10.3. The van der Waals surface area contributed by atoms with Gasteiger partial charge in [-0.15, -0.1) is 0 Å². The molecule has 0 amide bonds. The average Bonchev–Trinajstić information content (AvgIpc) is 1.89. The normalized spacial score (nSPS) is 9.89. The maximum absolute atomic E-state index is 4.86. The molecule has 0 saturated carbocycles. The zero-order chi connectivity index (χ0) is 6.95. The zero-order valence-corrected chi connectivity index (χ0v) is 5.97. The third-order valence-corrected chi connectivity index (χ3v) is 0.932. The van der Waals surface area contributed by atoms with Crippen molar-refractivity contribution < 1.29 is 4.74 Å². The maximum atomic E-state index is 4.86. The lowest BCUT2D eigenvalue weighted by Gasteiger charge is -1.90. The molecule has 0 aromatic rings. The van der Waals surface area contributed by atoms with Crippen LogP contribution in [0.2, 0.25) is 0 Å². The first-order valence-electron chi connectivity index (χ1n) is 3.29. The van der Waals surface area contributed by atoms with Gasteiger partial charge in [-0.25, -0.2) is 0 Å². The van der Waals surface area contributed by atoms with E-state index in [1.807, 2.05) is 6.08 Å². The molecule has 0 aromatic carbocycles. The molecule has 0 aromatic heterocycles. The first kappa shape index (κ1) is 8.28. The monoisotopic (exact) mass is 126 g/mol. The summed E-state index contributed by atoms with van der Waals surface area (Å²) in [6.07, 6.45) is 7.91. The Kier molecular flexibility index (Phi) is 6.70. The number of ether oxygens (including phenoxy) is 1. The van der Waals surface area contributed by atoms with Crippen LogP contribution in [-0.4, -0.2) is 6.61 Å². The molecule has 0 unspecified atom stereocenters. The van der Waals surface area contributed by atoms with Crippen molar-refractivity contribution in [3.8, 4) is 0 Å². The van der Waals surface area contributed by atoms with Gasteiger partial charge < -0.3 is 4.74 Å². The van der Waals surface area contributed by atoms with Crippen molar-refractivity contribution in [3.63, 3.8) is 0 Å². The smallest absolute Gasteiger partial charge is 0.105 e. The molecule has 0 spiro atoms. The van der Waals surface area contributed by atoms with Crippen molar-refractivity contribution in [2.75, 3.05) is 6.61 Å². The minimum Gasteiger partial charge on any atom is -0.498 e. The highest BCUT2D eigenvalue weighted by molar-refractivity contribution is 4.81. The van der Waals surface area contributed by atoms with E-state index in [9.17, 15) is 0 Å². The van der Waals surface area contributed by atoms with Gasteiger partial charge in [0.05, 0.1) is 6.26 Å². The van der Waals surface area contributed by atoms with Crippen molar-refractivity contribution >= 4 is 0 Å². The number of allylic oxidation sites excluding steroid dienone is 1. The van der Waals surface area contributed by atoms with Crippen LogP contribution < -0.4 is 0 Å². The van der Waals surface area contributed by atoms with Crippen LogP contribution in [0.4, 0.5) is 0 Å². The Morgan fingerprint density at radius 2 is 2.22 bits per heavy atom. The molecule has 0 aliphatic rings. The standard InChI is InChI=1S/C8H14O/c1-3-5-6-7-8-9-4-2/h4,6-7H,2-3,5,8H2,1H3/b7-6+. The summed E-state index contributed by atoms with van der Waals surface area (Å²) in [5, 5.41) is 0. The van der Waals surface area contributed by atoms with Crippen molar-refractivity contribution in [1.29, 1.82) is 0 Å². The molecule has 0 radical (unpaired) electrons. The predicted molar refractivity (Wildman–Crippen MR) is 40.2 cm³/mol. The van der Waals surface area contributed by atoms with Gasteiger partial charge in [-0.3, -0.25) is 0 Å². The fourth-order valence-electron chi connectivity index (χ4n) is 0.476. The van der Waals surface area contributed by atoms with Gasteiger partial charge in [0, 0.05) is 0 Å². The van der Waals surface area contributed by atoms with E-state index >= 15 is 0 Å². The minimum absolute atomic E-state index is 0.656. The van der Waals surface area contributed by atoms with Crippen LogP contribution in [0.25, 0.3) is 0 Å². The van der Waals surface area contributed by atoms with Crippen molar-refractivity contribution in [2.45, 2.75) is 19.8 Å². The van der Waals surface area contributed by atoms with Gasteiger partial charge in [-0.1, -0.05) is 32.1 Å². The topological polar surface area (TPSA) is 9.23 Å². The molecule has 0 fully saturated rings. The highest BCUT2D eigenvalue weighted by Crippen LogP contribution is 1.87. The van der Waals surface area contributed by atoms with E-state index in [0.29, 0.717) is 6.61 Å². The molecular weight excluding hydrogens is 112 g/mol. The number of rotatable bonds is 5. The first-order chi connectivity index (χ1) is 4.41. The summed E-state index contributed by atoms with van der Waals surface area (Å²) in [5.41, 5.74) is 0. The van der Waals surface area contributed by atoms with Crippen LogP contribution in [0.3, 0.4) is 0 Å². The second kappa shape index (κ2) is 7.28. The summed E-state index contributed by atoms with van der Waals surface area (Å²) < 4.78 is 4.86. The van der Waals surface area contributed by atoms with Gasteiger partial charge in [0.25, 0.3) is 0 Å². The van der Waals surface area contributed by atoms with Gasteiger partial charge in [0.15, 0.2) is 0 Å². The number of hydrogen-bond acceptors (Lipinski definition) is 1. The molecule has 1 heteroatoms. The third-order valence-electron chi connectivity index (χ3n) is 0.932. The lowest BCUT2D eigenvalue weighted by Crippen LogP contribution is -1.78. The summed E-state index contributed by atoms with van der Waals surface area (Å²) in [4.78, 5) is 0. The molecule has 0 atom stereocenters. The fourth-order valence-corrected chi connectivity index (χ4v) is 0.476. The molecule has 52 valence electrons. The first-order valence-corrected chi connectivity index (χ1v) is 3.29. The van der Waals surface area contributed by atoms with E-state index in [4.69, 9.17) is 4.74 Å². The summed E-state index contributed by atoms with van der Waals surface area (Å²) in [5.74, 6) is 0. The summed E-state index contributed by atoms with van der Waals surface area (Å²) in [6, 6.07) is 0. The minimum atomic E-state index is 0.656. The largest absolute Gasteiger partial charge is 0.498 e. The fraction of sp³-hybridized carbons (Fsp3) is 0.500. The molecule has 9 heavy (non-hydrogen) atoms. The Bertz CT molecular complexity index is 84.6. The van der Waals surface area contributed by atoms with Gasteiger partial charge in [-0.05, 0) is 6.42 Å². The van der Waals surface area contributed by atoms with Crippen molar-refractivity contribution in [3.05, 3.63) is 25.0 Å². The predicted octanol–water partition coefficient (Wildman–Crippen LogP) is 2.50. The Balaban J connectivity index is 2.94. The molecule has 0 heterocycles. The number of unbranched alkanes of at least 4 members (excludes halogenated alkanes) is 1. The van der Waals surface area contributed by atoms with Crippen LogP contribution in [0.15, 0.2) is 25.0 Å². The molecule has 1 nitrogen and oxygen atoms in total. The summed E-state index contributed by atoms with van der Waals surface area (Å²) in [6.45, 7) is 6.23. The highest BCUT2D eigenvalue weighted by atomic mass is 16.5. The third kappa shape index (κ3) is 7.28. The summed E-state index contributed by atoms with van der Waals surface area (Å²) >= 11 is 0. The molecule has 0 aliphatic carbocycles. The van der Waals surface area contributed by atoms with E-state index in [-0.39, 0.29) is 0 Å². The van der Waals surface area contributed by atoms with Crippen molar-refractivity contribution in [1.82, 2.24) is 0 Å². The summed E-state index contributed by atoms with van der Waals surface area (Å²) in [7, 11) is 0. The van der Waals surface area contributed by atoms with Crippen molar-refractivity contribution in [2.24, 2.45) is 0 Å². The van der Waals surface area contributed by atoms with Crippen LogP contribution in [0, 0.1) is 0 Å². The van der Waals surface area contributed by atoms with Crippen LogP contribution in [-0.2, 0) is 4.74 Å². The van der Waals surface area contributed by atoms with E-state index in [1.54, 1.807) is 0 Å². The maximum Gasteiger partial charge on any atom is 0.105 e. The van der Waals surface area contributed by atoms with Gasteiger partial charge >= 0.3 is 0 Å². The van der Waals surface area contributed by atoms with Crippen LogP contribution >= 0.6 is 0 Å². The molecular formula is C8H14O. The second-order valence-corrected chi connectivity index (χ2v) is 1.76. The number of hydrogen-bond donors (Lipinski definition) is 0. The molecule has 0 rings (SSSR count). The van der Waals surface area contributed by atoms with E-state index in [0.717, 1.165) is 6.42 Å². The van der Waals surface area contributed by atoms with Crippen LogP contribution in [0.1, 0.15) is 19.8 Å². The molecule has 0 bridgehead atoms. The van der Waals surface area contributed by atoms with E-state index in [2.05, 4.69) is 19.6 Å². The zero-order valence-electron chi connectivity index (χ0n) is 5.97. The molecule has 0 N–H and O–H groups in total. The Hall–Kier alpha value is -0.720. The van der Waals surface area contributed by atoms with Gasteiger partial charge in [-0.2, -0.15) is 0 Å². The lowest BCUT2D eigenvalue weighted by molar-refractivity contribution is 0.291. The van der Waals surface area contributed by atoms with Gasteiger partial charge in [0.2, 0.25) is 0 Å². The average molecular weight is 126 g/mol. The van der Waals surface area contributed by atoms with E-state index in [1.165, 1.54) is 12.7 Å². The molecule has 0 saturated heterocycles. The quantitative estimate of drug-likeness (QED) is 0.312. The SMILES string of the molecule is C=COC/C=C/CCC. The Labute approximate surface area is 57.0 Å². The second-order valence-electron chi connectivity index (χ2n) is 1.76. The highest BCUT2D eigenvalue weighted by Gasteiger charge is 1.72. The Morgan fingerprint density at radius 1 is 1.44 bits per heavy atom.